The average Bonchev–Trinajstić information content (AvgIpc) is 3.68. The Bertz CT molecular complexity index is 1680. The summed E-state index contributed by atoms with van der Waals surface area (Å²) in [5, 5.41) is 5.12. The molecule has 4 aromatic rings. The molecular formula is C25H19F7N6O2S. The van der Waals surface area contributed by atoms with E-state index in [1.54, 1.807) is 0 Å². The van der Waals surface area contributed by atoms with Crippen LogP contribution in [0.15, 0.2) is 54.6 Å². The minimum Gasteiger partial charge on any atom is -0.354 e. The van der Waals surface area contributed by atoms with Gasteiger partial charge in [-0.05, 0) is 73.0 Å². The summed E-state index contributed by atoms with van der Waals surface area (Å²) in [6.45, 7) is -0.329. The van der Waals surface area contributed by atoms with Crippen LogP contribution in [0.25, 0.3) is 22.3 Å². The predicted molar refractivity (Wildman–Crippen MR) is 137 cm³/mol. The largest absolute Gasteiger partial charge is 0.416 e. The molecule has 0 unspecified atom stereocenters. The van der Waals surface area contributed by atoms with E-state index >= 15 is 0 Å². The van der Waals surface area contributed by atoms with Crippen LogP contribution in [0.5, 0.6) is 0 Å². The van der Waals surface area contributed by atoms with Gasteiger partial charge in [0.05, 0.1) is 16.8 Å². The molecule has 3 N–H and O–H groups in total. The van der Waals surface area contributed by atoms with Gasteiger partial charge in [0.2, 0.25) is 16.8 Å². The highest BCUT2D eigenvalue weighted by Crippen LogP contribution is 2.51. The van der Waals surface area contributed by atoms with E-state index in [9.17, 15) is 39.2 Å². The lowest BCUT2D eigenvalue weighted by Gasteiger charge is -2.22. The molecule has 41 heavy (non-hydrogen) atoms. The van der Waals surface area contributed by atoms with Gasteiger partial charge < -0.3 is 10.6 Å². The minimum absolute atomic E-state index is 0.00213. The summed E-state index contributed by atoms with van der Waals surface area (Å²) in [5.41, 5.74) is -2.73. The third-order valence-corrected chi connectivity index (χ3v) is 6.76. The average molecular weight is 601 g/mol. The summed E-state index contributed by atoms with van der Waals surface area (Å²) in [4.78, 5) is 12.8. The van der Waals surface area contributed by atoms with Crippen LogP contribution in [0.2, 0.25) is 0 Å². The van der Waals surface area contributed by atoms with E-state index in [-0.39, 0.29) is 53.4 Å². The topological polar surface area (TPSA) is 109 Å². The second kappa shape index (κ2) is 10.3. The number of hydrogen-bond donors (Lipinski definition) is 4. The lowest BCUT2D eigenvalue weighted by atomic mass is 10.1. The van der Waals surface area contributed by atoms with Crippen LogP contribution in [-0.2, 0) is 23.6 Å². The third-order valence-electron chi connectivity index (χ3n) is 6.32. The maximum atomic E-state index is 13.8. The Morgan fingerprint density at radius 3 is 2.20 bits per heavy atom. The lowest BCUT2D eigenvalue weighted by Crippen LogP contribution is -2.39. The molecule has 1 fully saturated rings. The van der Waals surface area contributed by atoms with Crippen molar-refractivity contribution in [3.63, 3.8) is 0 Å². The fourth-order valence-corrected chi connectivity index (χ4v) is 4.44. The van der Waals surface area contributed by atoms with Crippen molar-refractivity contribution in [2.75, 3.05) is 15.4 Å². The molecule has 1 saturated carbocycles. The van der Waals surface area contributed by atoms with Crippen molar-refractivity contribution in [3.8, 4) is 11.3 Å². The summed E-state index contributed by atoms with van der Waals surface area (Å²) in [5.74, 6) is -0.954. The molecule has 1 aliphatic carbocycles. The number of nitrogens with zero attached hydrogens (tertiary/aromatic N) is 3. The summed E-state index contributed by atoms with van der Waals surface area (Å²) in [7, 11) is -3.24. The van der Waals surface area contributed by atoms with Crippen LogP contribution in [0.1, 0.15) is 24.0 Å². The van der Waals surface area contributed by atoms with Gasteiger partial charge in [0.25, 0.3) is 0 Å². The number of benzene rings is 2. The highest BCUT2D eigenvalue weighted by Gasteiger charge is 2.64. The number of anilines is 3. The Balaban J connectivity index is 1.52. The number of thiol groups is 1. The molecule has 0 atom stereocenters. The summed E-state index contributed by atoms with van der Waals surface area (Å²) in [6, 6.07) is 10.9. The van der Waals surface area contributed by atoms with E-state index in [4.69, 9.17) is 0 Å². The molecule has 0 radical (unpaired) electrons. The smallest absolute Gasteiger partial charge is 0.354 e. The molecular weight excluding hydrogens is 581 g/mol. The highest BCUT2D eigenvalue weighted by molar-refractivity contribution is 7.73. The van der Waals surface area contributed by atoms with Crippen LogP contribution in [0.3, 0.4) is 0 Å². The van der Waals surface area contributed by atoms with E-state index in [2.05, 4.69) is 25.6 Å². The van der Waals surface area contributed by atoms with E-state index < -0.39 is 40.2 Å². The molecule has 2 aromatic carbocycles. The number of aromatic nitrogens is 3. The number of rotatable bonds is 8. The number of pyridine rings is 1. The standard InChI is InChI=1S/C25H19F7N6O2S/c26-16-3-1-14(2-4-16)18-5-6-19-20(34-18)21(37-23(7-8-23)25(30,31)32)36-22(35-19)33-12-13-9-15(24(27,28)29)11-17(10-13)38-41(39)40/h1-6,9-11,41H,7-8,12H2,(H,38,39,40)(H2,33,35,36,37). The zero-order chi connectivity index (χ0) is 29.6. The highest BCUT2D eigenvalue weighted by atomic mass is 32.2. The van der Waals surface area contributed by atoms with Gasteiger partial charge in [0.15, 0.2) is 5.82 Å². The summed E-state index contributed by atoms with van der Waals surface area (Å²) < 4.78 is 119. The summed E-state index contributed by atoms with van der Waals surface area (Å²) >= 11 is 0. The Hall–Kier alpha value is -4.21. The number of fused-ring (bicyclic) bond motifs is 1. The maximum Gasteiger partial charge on any atom is 0.416 e. The zero-order valence-electron chi connectivity index (χ0n) is 20.6. The van der Waals surface area contributed by atoms with E-state index in [0.29, 0.717) is 17.3 Å². The van der Waals surface area contributed by atoms with Crippen molar-refractivity contribution in [2.45, 2.75) is 37.3 Å². The fraction of sp³-hybridized carbons (Fsp3) is 0.240. The van der Waals surface area contributed by atoms with Gasteiger partial charge in [-0.25, -0.2) is 22.8 Å². The molecule has 8 nitrogen and oxygen atoms in total. The second-order valence-electron chi connectivity index (χ2n) is 9.31. The second-order valence-corrected chi connectivity index (χ2v) is 10.0. The zero-order valence-corrected chi connectivity index (χ0v) is 21.5. The van der Waals surface area contributed by atoms with Crippen LogP contribution in [0, 0.1) is 5.82 Å². The van der Waals surface area contributed by atoms with Crippen LogP contribution in [0.4, 0.5) is 48.2 Å². The monoisotopic (exact) mass is 600 g/mol. The molecule has 2 heterocycles. The molecule has 0 spiro atoms. The Morgan fingerprint density at radius 2 is 1.59 bits per heavy atom. The SMILES string of the molecule is O=[SH](=O)Nc1cc(CNc2nc(NC3(C(F)(F)F)CC3)c3nc(-c4ccc(F)cc4)ccc3n2)cc(C(F)(F)F)c1. The fourth-order valence-electron chi connectivity index (χ4n) is 4.10. The maximum absolute atomic E-state index is 13.8. The number of nitrogens with one attached hydrogen (secondary N) is 3. The number of halogens is 7. The molecule has 5 rings (SSSR count). The van der Waals surface area contributed by atoms with Gasteiger partial charge in [-0.3, -0.25) is 4.72 Å². The molecule has 0 bridgehead atoms. The van der Waals surface area contributed by atoms with Crippen molar-refractivity contribution in [3.05, 3.63) is 71.5 Å². The predicted octanol–water partition coefficient (Wildman–Crippen LogP) is 5.91. The molecule has 2 aromatic heterocycles. The van der Waals surface area contributed by atoms with Crippen molar-refractivity contribution in [1.82, 2.24) is 15.0 Å². The van der Waals surface area contributed by atoms with Gasteiger partial charge in [-0.2, -0.15) is 31.3 Å². The minimum atomic E-state index is -4.78. The molecule has 0 amide bonds. The number of alkyl halides is 6. The first-order valence-electron chi connectivity index (χ1n) is 11.9. The van der Waals surface area contributed by atoms with Gasteiger partial charge in [-0.15, -0.1) is 0 Å². The molecule has 216 valence electrons. The number of hydrogen-bond acceptors (Lipinski definition) is 7. The first-order chi connectivity index (χ1) is 19.2. The van der Waals surface area contributed by atoms with Crippen molar-refractivity contribution >= 4 is 39.4 Å². The Morgan fingerprint density at radius 1 is 0.878 bits per heavy atom. The lowest BCUT2D eigenvalue weighted by molar-refractivity contribution is -0.151. The van der Waals surface area contributed by atoms with Gasteiger partial charge in [0, 0.05) is 17.8 Å². The van der Waals surface area contributed by atoms with Crippen LogP contribution >= 0.6 is 0 Å². The van der Waals surface area contributed by atoms with Crippen LogP contribution < -0.4 is 15.4 Å². The normalized spacial score (nSPS) is 14.7. The van der Waals surface area contributed by atoms with Crippen LogP contribution in [-0.4, -0.2) is 35.1 Å². The molecule has 0 saturated heterocycles. The molecule has 16 heteroatoms. The van der Waals surface area contributed by atoms with E-state index in [0.717, 1.165) is 12.1 Å². The van der Waals surface area contributed by atoms with Gasteiger partial charge in [0.1, 0.15) is 16.9 Å². The van der Waals surface area contributed by atoms with Gasteiger partial charge >= 0.3 is 12.4 Å². The van der Waals surface area contributed by atoms with Crippen molar-refractivity contribution in [1.29, 1.82) is 0 Å². The first-order valence-corrected chi connectivity index (χ1v) is 13.1. The summed E-state index contributed by atoms with van der Waals surface area (Å²) in [6.07, 6.45) is -9.78. The quantitative estimate of drug-likeness (QED) is 0.147. The van der Waals surface area contributed by atoms with Gasteiger partial charge in [-0.1, -0.05) is 0 Å². The first kappa shape index (κ1) is 28.3. The Labute approximate surface area is 229 Å². The van der Waals surface area contributed by atoms with E-state index in [1.165, 1.54) is 36.4 Å². The third kappa shape index (κ3) is 6.26. The van der Waals surface area contributed by atoms with Crippen molar-refractivity contribution in [2.24, 2.45) is 0 Å². The molecule has 0 aliphatic heterocycles. The van der Waals surface area contributed by atoms with Crippen molar-refractivity contribution < 1.29 is 39.2 Å². The Kier molecular flexibility index (Phi) is 7.13. The van der Waals surface area contributed by atoms with E-state index in [1.807, 2.05) is 4.72 Å². The molecule has 1 aliphatic rings.